The van der Waals surface area contributed by atoms with Crippen LogP contribution in [-0.4, -0.2) is 68.4 Å². The molecule has 0 radical (unpaired) electrons. The summed E-state index contributed by atoms with van der Waals surface area (Å²) in [6.07, 6.45) is 0.703. The van der Waals surface area contributed by atoms with Gasteiger partial charge in [-0.05, 0) is 24.6 Å². The van der Waals surface area contributed by atoms with E-state index >= 15 is 0 Å². The van der Waals surface area contributed by atoms with Crippen LogP contribution < -0.4 is 19.7 Å². The first kappa shape index (κ1) is 26.9. The number of methoxy groups -OCH3 is 3. The molecule has 192 valence electrons. The lowest BCUT2D eigenvalue weighted by Gasteiger charge is -2.25. The lowest BCUT2D eigenvalue weighted by Crippen LogP contribution is -2.42. The summed E-state index contributed by atoms with van der Waals surface area (Å²) in [5.74, 6) is 1.88. The van der Waals surface area contributed by atoms with E-state index < -0.39 is 0 Å². The van der Waals surface area contributed by atoms with E-state index in [1.54, 1.807) is 30.9 Å². The van der Waals surface area contributed by atoms with Gasteiger partial charge in [0, 0.05) is 43.9 Å². The van der Waals surface area contributed by atoms with Crippen molar-refractivity contribution in [3.63, 3.8) is 0 Å². The number of hydrogen-bond donors (Lipinski definition) is 1. The number of anilines is 1. The number of fused-ring (bicyclic) bond motifs is 1. The lowest BCUT2D eigenvalue weighted by molar-refractivity contribution is -0.123. The minimum absolute atomic E-state index is 0.0789. The molecule has 3 rings (SSSR count). The molecule has 1 aromatic heterocycles. The fourth-order valence-corrected chi connectivity index (χ4v) is 5.39. The molecule has 1 atom stereocenters. The van der Waals surface area contributed by atoms with Crippen LogP contribution in [0.2, 0.25) is 0 Å². The van der Waals surface area contributed by atoms with E-state index in [1.807, 2.05) is 25.2 Å². The van der Waals surface area contributed by atoms with Crippen LogP contribution in [0.1, 0.15) is 49.3 Å². The van der Waals surface area contributed by atoms with Gasteiger partial charge in [-0.1, -0.05) is 20.8 Å². The fourth-order valence-electron chi connectivity index (χ4n) is 4.18. The number of hydrogen-bond acceptors (Lipinski definition) is 7. The minimum Gasteiger partial charge on any atom is -0.497 e. The summed E-state index contributed by atoms with van der Waals surface area (Å²) >= 11 is 1.51. The molecule has 35 heavy (non-hydrogen) atoms. The van der Waals surface area contributed by atoms with Crippen LogP contribution >= 0.6 is 11.8 Å². The van der Waals surface area contributed by atoms with Gasteiger partial charge >= 0.3 is 0 Å². The standard InChI is InChI=1S/C25H36N4O5S/c1-25(2,3)23-21-22(17-13-16(33-6)9-10-18(17)34-7)35-15-20(31)29(24(21)28(4)27-23)14-19(30)26-11-8-12-32-5/h9-10,13,22H,8,11-12,14-15H2,1-7H3,(H,26,30)/t22-/m1/s1. The second-order valence-corrected chi connectivity index (χ2v) is 10.5. The number of aromatic nitrogens is 2. The average Bonchev–Trinajstić information content (AvgIpc) is 3.10. The summed E-state index contributed by atoms with van der Waals surface area (Å²) in [4.78, 5) is 27.7. The van der Waals surface area contributed by atoms with E-state index in [1.165, 1.54) is 11.8 Å². The van der Waals surface area contributed by atoms with E-state index in [4.69, 9.17) is 19.3 Å². The number of amides is 2. The normalized spacial score (nSPS) is 16.0. The molecule has 0 aliphatic carbocycles. The molecule has 1 N–H and O–H groups in total. The lowest BCUT2D eigenvalue weighted by atomic mass is 9.87. The molecular formula is C25H36N4O5S. The predicted octanol–water partition coefficient (Wildman–Crippen LogP) is 3.06. The van der Waals surface area contributed by atoms with Crippen LogP contribution in [0.25, 0.3) is 0 Å². The highest BCUT2D eigenvalue weighted by Gasteiger charge is 2.39. The van der Waals surface area contributed by atoms with Crippen LogP contribution in [0.4, 0.5) is 5.82 Å². The molecule has 0 bridgehead atoms. The van der Waals surface area contributed by atoms with Crippen LogP contribution in [0, 0.1) is 0 Å². The molecular weight excluding hydrogens is 468 g/mol. The average molecular weight is 505 g/mol. The van der Waals surface area contributed by atoms with Crippen molar-refractivity contribution >= 4 is 29.4 Å². The maximum atomic E-state index is 13.4. The number of carbonyl (C=O) groups excluding carboxylic acids is 2. The van der Waals surface area contributed by atoms with Crippen molar-refractivity contribution in [2.24, 2.45) is 7.05 Å². The molecule has 2 aromatic rings. The monoisotopic (exact) mass is 504 g/mol. The largest absolute Gasteiger partial charge is 0.497 e. The van der Waals surface area contributed by atoms with E-state index in [0.29, 0.717) is 36.9 Å². The quantitative estimate of drug-likeness (QED) is 0.525. The Balaban J connectivity index is 2.11. The Morgan fingerprint density at radius 3 is 2.60 bits per heavy atom. The second-order valence-electron chi connectivity index (χ2n) is 9.43. The molecule has 2 heterocycles. The highest BCUT2D eigenvalue weighted by atomic mass is 32.2. The van der Waals surface area contributed by atoms with Crippen molar-refractivity contribution in [1.82, 2.24) is 15.1 Å². The third-order valence-corrected chi connectivity index (χ3v) is 7.06. The van der Waals surface area contributed by atoms with Crippen molar-refractivity contribution in [3.05, 3.63) is 35.0 Å². The number of nitrogens with zero attached hydrogens (tertiary/aromatic N) is 3. The molecule has 0 unspecified atom stereocenters. The summed E-state index contributed by atoms with van der Waals surface area (Å²) in [5.41, 5.74) is 2.39. The number of rotatable bonds is 9. The van der Waals surface area contributed by atoms with Gasteiger partial charge in [0.15, 0.2) is 0 Å². The SMILES string of the molecule is COCCCNC(=O)CN1C(=O)CS[C@H](c2cc(OC)ccc2OC)c2c(C(C)(C)C)nn(C)c21. The molecule has 0 saturated heterocycles. The zero-order valence-corrected chi connectivity index (χ0v) is 22.5. The van der Waals surface area contributed by atoms with Gasteiger partial charge in [0.1, 0.15) is 23.9 Å². The first-order valence-electron chi connectivity index (χ1n) is 11.6. The van der Waals surface area contributed by atoms with Gasteiger partial charge in [0.2, 0.25) is 11.8 Å². The van der Waals surface area contributed by atoms with Crippen LogP contribution in [-0.2, 0) is 26.8 Å². The maximum Gasteiger partial charge on any atom is 0.240 e. The summed E-state index contributed by atoms with van der Waals surface area (Å²) in [6, 6.07) is 5.67. The van der Waals surface area contributed by atoms with Gasteiger partial charge in [-0.2, -0.15) is 5.10 Å². The van der Waals surface area contributed by atoms with E-state index in [0.717, 1.165) is 16.8 Å². The van der Waals surface area contributed by atoms with Crippen molar-refractivity contribution < 1.29 is 23.8 Å². The van der Waals surface area contributed by atoms with Crippen LogP contribution in [0.15, 0.2) is 18.2 Å². The Kier molecular flexibility index (Phi) is 8.71. The summed E-state index contributed by atoms with van der Waals surface area (Å²) < 4.78 is 18.0. The van der Waals surface area contributed by atoms with Crippen LogP contribution in [0.5, 0.6) is 11.5 Å². The second kappa shape index (κ2) is 11.3. The van der Waals surface area contributed by atoms with Gasteiger partial charge in [-0.15, -0.1) is 11.8 Å². The number of carbonyl (C=O) groups is 2. The topological polar surface area (TPSA) is 94.9 Å². The minimum atomic E-state index is -0.294. The molecule has 1 aromatic carbocycles. The van der Waals surface area contributed by atoms with Crippen LogP contribution in [0.3, 0.4) is 0 Å². The zero-order chi connectivity index (χ0) is 25.8. The van der Waals surface area contributed by atoms with Crippen molar-refractivity contribution in [2.45, 2.75) is 37.9 Å². The number of ether oxygens (including phenoxy) is 3. The summed E-state index contributed by atoms with van der Waals surface area (Å²) in [5, 5.41) is 7.49. The smallest absolute Gasteiger partial charge is 0.240 e. The Bertz CT molecular complexity index is 1060. The van der Waals surface area contributed by atoms with Gasteiger partial charge in [-0.3, -0.25) is 19.2 Å². The molecule has 0 fully saturated rings. The van der Waals surface area contributed by atoms with E-state index in [-0.39, 0.29) is 34.8 Å². The van der Waals surface area contributed by atoms with Gasteiger partial charge in [-0.25, -0.2) is 0 Å². The first-order valence-corrected chi connectivity index (χ1v) is 12.6. The molecule has 0 saturated carbocycles. The summed E-state index contributed by atoms with van der Waals surface area (Å²) in [7, 11) is 6.70. The van der Waals surface area contributed by atoms with Crippen molar-refractivity contribution in [1.29, 1.82) is 0 Å². The predicted molar refractivity (Wildman–Crippen MR) is 138 cm³/mol. The Morgan fingerprint density at radius 1 is 1.23 bits per heavy atom. The summed E-state index contributed by atoms with van der Waals surface area (Å²) in [6.45, 7) is 7.26. The molecule has 9 nitrogen and oxygen atoms in total. The van der Waals surface area contributed by atoms with E-state index in [9.17, 15) is 9.59 Å². The van der Waals surface area contributed by atoms with Crippen molar-refractivity contribution in [3.8, 4) is 11.5 Å². The molecule has 1 aliphatic heterocycles. The Labute approximate surface area is 211 Å². The fraction of sp³-hybridized carbons (Fsp3) is 0.560. The third kappa shape index (κ3) is 5.92. The number of thioether (sulfide) groups is 1. The van der Waals surface area contributed by atoms with Gasteiger partial charge in [0.25, 0.3) is 0 Å². The van der Waals surface area contributed by atoms with Gasteiger partial charge < -0.3 is 19.5 Å². The highest BCUT2D eigenvalue weighted by Crippen LogP contribution is 2.50. The highest BCUT2D eigenvalue weighted by molar-refractivity contribution is 8.00. The number of benzene rings is 1. The molecule has 1 aliphatic rings. The van der Waals surface area contributed by atoms with E-state index in [2.05, 4.69) is 26.1 Å². The zero-order valence-electron chi connectivity index (χ0n) is 21.6. The Hall–Kier alpha value is -2.72. The van der Waals surface area contributed by atoms with Gasteiger partial charge in [0.05, 0.1) is 30.9 Å². The van der Waals surface area contributed by atoms with Crippen molar-refractivity contribution in [2.75, 3.05) is 51.7 Å². The first-order chi connectivity index (χ1) is 16.6. The molecule has 10 heteroatoms. The maximum absolute atomic E-state index is 13.4. The molecule has 0 spiro atoms. The molecule has 2 amide bonds. The third-order valence-electron chi connectivity index (χ3n) is 5.82. The number of nitrogens with one attached hydrogen (secondary N) is 1. The Morgan fingerprint density at radius 2 is 1.97 bits per heavy atom. The number of aryl methyl sites for hydroxylation is 1.